The quantitative estimate of drug-likeness (QED) is 0.628. The second-order valence-electron chi connectivity index (χ2n) is 7.90. The Morgan fingerprint density at radius 3 is 2.26 bits per heavy atom. The molecule has 0 radical (unpaired) electrons. The van der Waals surface area contributed by atoms with Gasteiger partial charge in [0, 0.05) is 11.4 Å². The number of ether oxygens (including phenoxy) is 1. The molecule has 3 atom stereocenters. The molecule has 2 aromatic carbocycles. The SMILES string of the molecule is CC(C)(C)[S@@+]([O-])N(Cc1ccccc1)C(c1ccccc1)[C@@H]1CCC=CO1. The normalized spacial score (nSPS) is 19.5. The van der Waals surface area contributed by atoms with Crippen LogP contribution in [0.4, 0.5) is 0 Å². The van der Waals surface area contributed by atoms with Crippen LogP contribution >= 0.6 is 0 Å². The number of allylic oxidation sites excluding steroid dienone is 1. The van der Waals surface area contributed by atoms with Gasteiger partial charge in [0.2, 0.25) is 0 Å². The Balaban J connectivity index is 2.01. The van der Waals surface area contributed by atoms with Gasteiger partial charge < -0.3 is 9.29 Å². The summed E-state index contributed by atoms with van der Waals surface area (Å²) >= 11 is -1.18. The van der Waals surface area contributed by atoms with Gasteiger partial charge >= 0.3 is 0 Å². The molecule has 144 valence electrons. The predicted octanol–water partition coefficient (Wildman–Crippen LogP) is 5.38. The van der Waals surface area contributed by atoms with Crippen molar-refractivity contribution in [2.24, 2.45) is 0 Å². The van der Waals surface area contributed by atoms with Crippen molar-refractivity contribution in [1.82, 2.24) is 4.31 Å². The van der Waals surface area contributed by atoms with Crippen LogP contribution < -0.4 is 0 Å². The molecular formula is C23H29NO2S. The number of hydrogen-bond donors (Lipinski definition) is 0. The lowest BCUT2D eigenvalue weighted by atomic mass is 9.96. The van der Waals surface area contributed by atoms with Crippen LogP contribution in [0.25, 0.3) is 0 Å². The number of nitrogens with zero attached hydrogens (tertiary/aromatic N) is 1. The summed E-state index contributed by atoms with van der Waals surface area (Å²) in [6.45, 7) is 6.72. The molecule has 0 amide bonds. The topological polar surface area (TPSA) is 35.5 Å². The first kappa shape index (κ1) is 20.0. The first-order valence-corrected chi connectivity index (χ1v) is 10.7. The van der Waals surface area contributed by atoms with Gasteiger partial charge in [-0.2, -0.15) is 0 Å². The van der Waals surface area contributed by atoms with E-state index in [0.29, 0.717) is 6.54 Å². The average Bonchev–Trinajstić information content (AvgIpc) is 2.69. The van der Waals surface area contributed by atoms with E-state index in [2.05, 4.69) is 34.6 Å². The maximum atomic E-state index is 13.6. The van der Waals surface area contributed by atoms with Gasteiger partial charge in [-0.15, -0.1) is 4.31 Å². The minimum absolute atomic E-state index is 0.0209. The van der Waals surface area contributed by atoms with Gasteiger partial charge in [-0.25, -0.2) is 0 Å². The molecule has 1 aliphatic rings. The van der Waals surface area contributed by atoms with Crippen LogP contribution in [0.3, 0.4) is 0 Å². The lowest BCUT2D eigenvalue weighted by Gasteiger charge is -2.40. The smallest absolute Gasteiger partial charge is 0.137 e. The zero-order valence-electron chi connectivity index (χ0n) is 16.4. The van der Waals surface area contributed by atoms with Crippen LogP contribution in [0.2, 0.25) is 0 Å². The highest BCUT2D eigenvalue weighted by Gasteiger charge is 2.42. The number of rotatable bonds is 6. The summed E-state index contributed by atoms with van der Waals surface area (Å²) in [6, 6.07) is 20.5. The highest BCUT2D eigenvalue weighted by atomic mass is 32.2. The van der Waals surface area contributed by atoms with E-state index in [-0.39, 0.29) is 16.9 Å². The van der Waals surface area contributed by atoms with E-state index in [0.717, 1.165) is 24.0 Å². The maximum absolute atomic E-state index is 13.6. The summed E-state index contributed by atoms with van der Waals surface area (Å²) in [5, 5.41) is 0. The third-order valence-electron chi connectivity index (χ3n) is 4.69. The van der Waals surface area contributed by atoms with Crippen LogP contribution in [0, 0.1) is 0 Å². The minimum atomic E-state index is -1.18. The first-order valence-electron chi connectivity index (χ1n) is 9.55. The van der Waals surface area contributed by atoms with Crippen molar-refractivity contribution in [2.45, 2.75) is 57.1 Å². The van der Waals surface area contributed by atoms with Crippen molar-refractivity contribution < 1.29 is 9.29 Å². The van der Waals surface area contributed by atoms with Crippen LogP contribution in [0.1, 0.15) is 50.8 Å². The fraction of sp³-hybridized carbons (Fsp3) is 0.391. The van der Waals surface area contributed by atoms with Crippen molar-refractivity contribution in [3.63, 3.8) is 0 Å². The Labute approximate surface area is 166 Å². The fourth-order valence-electron chi connectivity index (χ4n) is 3.38. The van der Waals surface area contributed by atoms with Gasteiger partial charge in [-0.3, -0.25) is 0 Å². The second kappa shape index (κ2) is 8.96. The molecule has 0 saturated carbocycles. The van der Waals surface area contributed by atoms with E-state index in [9.17, 15) is 4.55 Å². The van der Waals surface area contributed by atoms with E-state index < -0.39 is 11.4 Å². The van der Waals surface area contributed by atoms with E-state index in [1.807, 2.05) is 57.2 Å². The Hall–Kier alpha value is -1.75. The zero-order chi connectivity index (χ0) is 19.3. The van der Waals surface area contributed by atoms with Crippen LogP contribution in [-0.4, -0.2) is 19.7 Å². The molecule has 1 unspecified atom stereocenters. The summed E-state index contributed by atoms with van der Waals surface area (Å²) < 4.78 is 21.4. The molecule has 4 heteroatoms. The Kier molecular flexibility index (Phi) is 6.64. The third kappa shape index (κ3) is 5.16. The molecule has 0 bridgehead atoms. The molecular weight excluding hydrogens is 354 g/mol. The van der Waals surface area contributed by atoms with Gasteiger partial charge in [0.25, 0.3) is 0 Å². The highest BCUT2D eigenvalue weighted by molar-refractivity contribution is 7.90. The van der Waals surface area contributed by atoms with Crippen LogP contribution in [0.15, 0.2) is 73.0 Å². The molecule has 0 spiro atoms. The van der Waals surface area contributed by atoms with Gasteiger partial charge in [0.15, 0.2) is 0 Å². The van der Waals surface area contributed by atoms with Crippen molar-refractivity contribution in [3.8, 4) is 0 Å². The predicted molar refractivity (Wildman–Crippen MR) is 112 cm³/mol. The van der Waals surface area contributed by atoms with Gasteiger partial charge in [-0.1, -0.05) is 60.7 Å². The molecule has 27 heavy (non-hydrogen) atoms. The largest absolute Gasteiger partial charge is 0.597 e. The number of hydrogen-bond acceptors (Lipinski definition) is 3. The van der Waals surface area contributed by atoms with Gasteiger partial charge in [0.1, 0.15) is 16.9 Å². The molecule has 0 saturated heterocycles. The highest BCUT2D eigenvalue weighted by Crippen LogP contribution is 2.37. The van der Waals surface area contributed by atoms with Crippen molar-refractivity contribution in [2.75, 3.05) is 0 Å². The molecule has 1 heterocycles. The Bertz CT molecular complexity index is 727. The summed E-state index contributed by atoms with van der Waals surface area (Å²) in [6.07, 6.45) is 5.73. The lowest BCUT2D eigenvalue weighted by molar-refractivity contribution is 0.0529. The Morgan fingerprint density at radius 1 is 1.07 bits per heavy atom. The summed E-state index contributed by atoms with van der Waals surface area (Å²) in [7, 11) is 0. The Morgan fingerprint density at radius 2 is 1.70 bits per heavy atom. The molecule has 3 nitrogen and oxygen atoms in total. The third-order valence-corrected chi connectivity index (χ3v) is 6.52. The first-order chi connectivity index (χ1) is 13.0. The van der Waals surface area contributed by atoms with Crippen LogP contribution in [0.5, 0.6) is 0 Å². The van der Waals surface area contributed by atoms with E-state index in [4.69, 9.17) is 4.74 Å². The molecule has 2 aromatic rings. The monoisotopic (exact) mass is 383 g/mol. The average molecular weight is 384 g/mol. The summed E-state index contributed by atoms with van der Waals surface area (Å²) in [5.41, 5.74) is 2.30. The summed E-state index contributed by atoms with van der Waals surface area (Å²) in [5.74, 6) is 0. The molecule has 0 aromatic heterocycles. The van der Waals surface area contributed by atoms with E-state index in [1.165, 1.54) is 0 Å². The lowest BCUT2D eigenvalue weighted by Crippen LogP contribution is -2.48. The van der Waals surface area contributed by atoms with Crippen molar-refractivity contribution >= 4 is 11.4 Å². The number of benzene rings is 2. The zero-order valence-corrected chi connectivity index (χ0v) is 17.2. The second-order valence-corrected chi connectivity index (χ2v) is 10.1. The van der Waals surface area contributed by atoms with Gasteiger partial charge in [-0.05, 0) is 50.8 Å². The van der Waals surface area contributed by atoms with E-state index >= 15 is 0 Å². The van der Waals surface area contributed by atoms with Gasteiger partial charge in [0.05, 0.1) is 12.8 Å². The standard InChI is InChI=1S/C23H29NO2S/c1-23(2,3)27(25)24(18-19-12-6-4-7-13-19)22(20-14-8-5-9-15-20)21-16-10-11-17-26-21/h4-9,11-15,17,21-22H,10,16,18H2,1-3H3/t21-,22?,27+/m0/s1. The molecule has 0 N–H and O–H groups in total. The maximum Gasteiger partial charge on any atom is 0.137 e. The molecule has 0 fully saturated rings. The fourth-order valence-corrected chi connectivity index (χ4v) is 4.81. The van der Waals surface area contributed by atoms with E-state index in [1.54, 1.807) is 6.26 Å². The van der Waals surface area contributed by atoms with Crippen molar-refractivity contribution in [1.29, 1.82) is 0 Å². The van der Waals surface area contributed by atoms with Crippen LogP contribution in [-0.2, 0) is 22.6 Å². The van der Waals surface area contributed by atoms with Crippen molar-refractivity contribution in [3.05, 3.63) is 84.1 Å². The summed E-state index contributed by atoms with van der Waals surface area (Å²) in [4.78, 5) is 0. The minimum Gasteiger partial charge on any atom is -0.597 e. The molecule has 0 aliphatic carbocycles. The molecule has 3 rings (SSSR count). The molecule has 1 aliphatic heterocycles.